The van der Waals surface area contributed by atoms with Crippen LogP contribution in [-0.4, -0.2) is 25.7 Å². The van der Waals surface area contributed by atoms with Crippen LogP contribution in [0.5, 0.6) is 0 Å². The lowest BCUT2D eigenvalue weighted by atomic mass is 10.2. The van der Waals surface area contributed by atoms with Gasteiger partial charge in [-0.3, -0.25) is 4.79 Å². The normalized spacial score (nSPS) is 11.4. The van der Waals surface area contributed by atoms with Crippen LogP contribution in [0.25, 0.3) is 0 Å². The lowest BCUT2D eigenvalue weighted by molar-refractivity contribution is 0.102. The standard InChI is InChI=1S/C21H19BrN2O3S/c1-24(15-16-6-3-2-4-7-16)28(26,27)20-12-10-19(11-13-20)23-21(25)17-8-5-9-18(22)14-17/h2-14H,15H2,1H3,(H,23,25). The Morgan fingerprint density at radius 1 is 0.964 bits per heavy atom. The number of nitrogens with one attached hydrogen (secondary N) is 1. The maximum atomic E-state index is 12.8. The summed E-state index contributed by atoms with van der Waals surface area (Å²) in [4.78, 5) is 12.5. The van der Waals surface area contributed by atoms with Gasteiger partial charge in [0.05, 0.1) is 4.90 Å². The highest BCUT2D eigenvalue weighted by Gasteiger charge is 2.21. The molecule has 0 aliphatic rings. The molecule has 1 N–H and O–H groups in total. The summed E-state index contributed by atoms with van der Waals surface area (Å²) in [5.41, 5.74) is 1.94. The molecule has 0 saturated carbocycles. The first-order chi connectivity index (χ1) is 13.4. The second-order valence-electron chi connectivity index (χ2n) is 6.24. The second kappa shape index (κ2) is 8.68. The number of amides is 1. The fraction of sp³-hybridized carbons (Fsp3) is 0.0952. The number of hydrogen-bond donors (Lipinski definition) is 1. The van der Waals surface area contributed by atoms with Crippen molar-refractivity contribution in [3.8, 4) is 0 Å². The van der Waals surface area contributed by atoms with E-state index in [4.69, 9.17) is 0 Å². The molecule has 144 valence electrons. The summed E-state index contributed by atoms with van der Waals surface area (Å²) >= 11 is 3.33. The summed E-state index contributed by atoms with van der Waals surface area (Å²) in [6, 6.07) is 22.6. The lowest BCUT2D eigenvalue weighted by Gasteiger charge is -2.17. The number of sulfonamides is 1. The van der Waals surface area contributed by atoms with E-state index in [0.29, 0.717) is 11.3 Å². The summed E-state index contributed by atoms with van der Waals surface area (Å²) < 4.78 is 27.6. The third kappa shape index (κ3) is 4.86. The summed E-state index contributed by atoms with van der Waals surface area (Å²) in [7, 11) is -2.08. The Bertz CT molecular complexity index is 1070. The van der Waals surface area contributed by atoms with Gasteiger partial charge < -0.3 is 5.32 Å². The molecule has 0 saturated heterocycles. The average molecular weight is 459 g/mol. The van der Waals surface area contributed by atoms with Gasteiger partial charge in [0.2, 0.25) is 10.0 Å². The molecular formula is C21H19BrN2O3S. The number of anilines is 1. The van der Waals surface area contributed by atoms with Gasteiger partial charge in [-0.2, -0.15) is 4.31 Å². The molecule has 0 heterocycles. The van der Waals surface area contributed by atoms with E-state index in [-0.39, 0.29) is 17.3 Å². The van der Waals surface area contributed by atoms with E-state index in [1.54, 1.807) is 37.4 Å². The fourth-order valence-corrected chi connectivity index (χ4v) is 4.21. The molecule has 7 heteroatoms. The Kier molecular flexibility index (Phi) is 6.28. The number of carbonyl (C=O) groups excluding carboxylic acids is 1. The third-order valence-electron chi connectivity index (χ3n) is 4.16. The summed E-state index contributed by atoms with van der Waals surface area (Å²) in [5, 5.41) is 2.76. The van der Waals surface area contributed by atoms with Crippen molar-refractivity contribution in [2.45, 2.75) is 11.4 Å². The molecule has 0 spiro atoms. The zero-order chi connectivity index (χ0) is 20.1. The number of halogens is 1. The summed E-state index contributed by atoms with van der Waals surface area (Å²) in [6.45, 7) is 0.282. The molecule has 0 atom stereocenters. The van der Waals surface area contributed by atoms with Crippen molar-refractivity contribution >= 4 is 37.5 Å². The minimum Gasteiger partial charge on any atom is -0.322 e. The first kappa shape index (κ1) is 20.3. The summed E-state index contributed by atoms with van der Waals surface area (Å²) in [5.74, 6) is -0.266. The molecule has 3 aromatic rings. The van der Waals surface area contributed by atoms with Gasteiger partial charge in [-0.15, -0.1) is 0 Å². The van der Waals surface area contributed by atoms with Crippen molar-refractivity contribution < 1.29 is 13.2 Å². The average Bonchev–Trinajstić information content (AvgIpc) is 2.69. The molecule has 1 amide bonds. The van der Waals surface area contributed by atoms with Crippen molar-refractivity contribution in [2.24, 2.45) is 0 Å². The monoisotopic (exact) mass is 458 g/mol. The van der Waals surface area contributed by atoms with Crippen LogP contribution in [0.4, 0.5) is 5.69 Å². The molecule has 0 bridgehead atoms. The third-order valence-corrected chi connectivity index (χ3v) is 6.47. The molecule has 0 aliphatic carbocycles. The number of nitrogens with zero attached hydrogens (tertiary/aromatic N) is 1. The summed E-state index contributed by atoms with van der Waals surface area (Å²) in [6.07, 6.45) is 0. The van der Waals surface area contributed by atoms with Crippen LogP contribution in [-0.2, 0) is 16.6 Å². The van der Waals surface area contributed by atoms with E-state index in [0.717, 1.165) is 10.0 Å². The van der Waals surface area contributed by atoms with Crippen LogP contribution in [0.15, 0.2) is 88.2 Å². The minimum absolute atomic E-state index is 0.173. The van der Waals surface area contributed by atoms with Crippen molar-refractivity contribution in [3.05, 3.63) is 94.5 Å². The van der Waals surface area contributed by atoms with E-state index in [9.17, 15) is 13.2 Å². The molecule has 0 aliphatic heterocycles. The SMILES string of the molecule is CN(Cc1ccccc1)S(=O)(=O)c1ccc(NC(=O)c2cccc(Br)c2)cc1. The molecule has 3 aromatic carbocycles. The molecule has 0 aromatic heterocycles. The van der Waals surface area contributed by atoms with Crippen molar-refractivity contribution in [3.63, 3.8) is 0 Å². The van der Waals surface area contributed by atoms with Gasteiger partial charge in [-0.05, 0) is 48.0 Å². The number of benzene rings is 3. The van der Waals surface area contributed by atoms with Crippen molar-refractivity contribution in [2.75, 3.05) is 12.4 Å². The minimum atomic E-state index is -3.63. The number of carbonyl (C=O) groups is 1. The molecule has 0 unspecified atom stereocenters. The Balaban J connectivity index is 1.71. The van der Waals surface area contributed by atoms with Crippen LogP contribution >= 0.6 is 15.9 Å². The maximum absolute atomic E-state index is 12.8. The predicted octanol–water partition coefficient (Wildman–Crippen LogP) is 4.52. The van der Waals surface area contributed by atoms with E-state index >= 15 is 0 Å². The van der Waals surface area contributed by atoms with E-state index in [1.165, 1.54) is 16.4 Å². The van der Waals surface area contributed by atoms with Gasteiger partial charge in [-0.25, -0.2) is 8.42 Å². The maximum Gasteiger partial charge on any atom is 0.255 e. The lowest BCUT2D eigenvalue weighted by Crippen LogP contribution is -2.26. The Hall–Kier alpha value is -2.48. The van der Waals surface area contributed by atoms with Gasteiger partial charge in [0.1, 0.15) is 0 Å². The van der Waals surface area contributed by atoms with E-state index in [2.05, 4.69) is 21.2 Å². The molecule has 3 rings (SSSR count). The highest BCUT2D eigenvalue weighted by Crippen LogP contribution is 2.20. The van der Waals surface area contributed by atoms with Crippen LogP contribution in [0.1, 0.15) is 15.9 Å². The van der Waals surface area contributed by atoms with Gasteiger partial charge in [-0.1, -0.05) is 52.3 Å². The first-order valence-corrected chi connectivity index (χ1v) is 10.8. The zero-order valence-electron chi connectivity index (χ0n) is 15.2. The van der Waals surface area contributed by atoms with Crippen LogP contribution < -0.4 is 5.32 Å². The van der Waals surface area contributed by atoms with Crippen LogP contribution in [0.2, 0.25) is 0 Å². The van der Waals surface area contributed by atoms with Crippen molar-refractivity contribution in [1.29, 1.82) is 0 Å². The number of hydrogen-bond acceptors (Lipinski definition) is 3. The molecule has 0 radical (unpaired) electrons. The fourth-order valence-electron chi connectivity index (χ4n) is 2.65. The Labute approximate surface area is 173 Å². The van der Waals surface area contributed by atoms with Gasteiger partial charge >= 0.3 is 0 Å². The smallest absolute Gasteiger partial charge is 0.255 e. The highest BCUT2D eigenvalue weighted by molar-refractivity contribution is 9.10. The highest BCUT2D eigenvalue weighted by atomic mass is 79.9. The topological polar surface area (TPSA) is 66.5 Å². The molecule has 0 fully saturated rings. The van der Waals surface area contributed by atoms with Crippen LogP contribution in [0.3, 0.4) is 0 Å². The zero-order valence-corrected chi connectivity index (χ0v) is 17.6. The van der Waals surface area contributed by atoms with Gasteiger partial charge in [0.25, 0.3) is 5.91 Å². The van der Waals surface area contributed by atoms with Gasteiger partial charge in [0.15, 0.2) is 0 Å². The second-order valence-corrected chi connectivity index (χ2v) is 9.20. The predicted molar refractivity (Wildman–Crippen MR) is 114 cm³/mol. The first-order valence-electron chi connectivity index (χ1n) is 8.53. The molecule has 5 nitrogen and oxygen atoms in total. The van der Waals surface area contributed by atoms with Crippen LogP contribution in [0, 0.1) is 0 Å². The Morgan fingerprint density at radius 3 is 2.29 bits per heavy atom. The van der Waals surface area contributed by atoms with E-state index in [1.807, 2.05) is 36.4 Å². The molecular weight excluding hydrogens is 440 g/mol. The largest absolute Gasteiger partial charge is 0.322 e. The number of rotatable bonds is 6. The quantitative estimate of drug-likeness (QED) is 0.590. The molecule has 28 heavy (non-hydrogen) atoms. The van der Waals surface area contributed by atoms with E-state index < -0.39 is 10.0 Å². The van der Waals surface area contributed by atoms with Crippen molar-refractivity contribution in [1.82, 2.24) is 4.31 Å². The van der Waals surface area contributed by atoms with Gasteiger partial charge in [0, 0.05) is 29.3 Å². The Morgan fingerprint density at radius 2 is 1.64 bits per heavy atom.